The molecule has 0 bridgehead atoms. The number of sulfonamides is 1. The fourth-order valence-corrected chi connectivity index (χ4v) is 4.41. The summed E-state index contributed by atoms with van der Waals surface area (Å²) in [4.78, 5) is 23.4. The van der Waals surface area contributed by atoms with E-state index in [1.54, 1.807) is 0 Å². The highest BCUT2D eigenvalue weighted by molar-refractivity contribution is 7.89. The molecule has 0 saturated carbocycles. The number of carbonyl (C=O) groups is 2. The van der Waals surface area contributed by atoms with Crippen LogP contribution < -0.4 is 10.6 Å². The molecule has 2 amide bonds. The van der Waals surface area contributed by atoms with Gasteiger partial charge in [0.15, 0.2) is 0 Å². The lowest BCUT2D eigenvalue weighted by Crippen LogP contribution is -2.39. The Labute approximate surface area is 182 Å². The number of hydrogen-bond donors (Lipinski definition) is 2. The molecule has 0 unspecified atom stereocenters. The fraction of sp³-hybridized carbons (Fsp3) is 0.217. The van der Waals surface area contributed by atoms with Gasteiger partial charge < -0.3 is 10.6 Å². The standard InChI is InChI=1S/C23H25N3O4S/c1-17(27)25-20-10-12-21(13-11-20)31(29,30)26(2)16-23(28)24-15-14-19-8-5-7-18-6-3-4-9-22(18)19/h3-13H,14-16H2,1-2H3,(H,24,28)(H,25,27). The number of hydrogen-bond acceptors (Lipinski definition) is 4. The smallest absolute Gasteiger partial charge is 0.243 e. The third-order valence-corrected chi connectivity index (χ3v) is 6.66. The second-order valence-electron chi connectivity index (χ2n) is 7.20. The van der Waals surface area contributed by atoms with E-state index in [-0.39, 0.29) is 23.3 Å². The number of fused-ring (bicyclic) bond motifs is 1. The highest BCUT2D eigenvalue weighted by Crippen LogP contribution is 2.19. The molecule has 7 nitrogen and oxygen atoms in total. The van der Waals surface area contributed by atoms with Crippen LogP contribution in [-0.4, -0.2) is 44.7 Å². The summed E-state index contributed by atoms with van der Waals surface area (Å²) in [6, 6.07) is 19.9. The molecule has 0 radical (unpaired) electrons. The molecule has 8 heteroatoms. The minimum atomic E-state index is -3.83. The van der Waals surface area contributed by atoms with Crippen LogP contribution in [0.2, 0.25) is 0 Å². The van der Waals surface area contributed by atoms with Crippen LogP contribution in [0.4, 0.5) is 5.69 Å². The summed E-state index contributed by atoms with van der Waals surface area (Å²) in [5.74, 6) is -0.617. The molecule has 0 saturated heterocycles. The fourth-order valence-electron chi connectivity index (χ4n) is 3.28. The van der Waals surface area contributed by atoms with Crippen LogP contribution in [0.15, 0.2) is 71.6 Å². The first-order valence-electron chi connectivity index (χ1n) is 9.85. The molecule has 31 heavy (non-hydrogen) atoms. The van der Waals surface area contributed by atoms with E-state index < -0.39 is 10.0 Å². The van der Waals surface area contributed by atoms with Gasteiger partial charge in [0, 0.05) is 26.2 Å². The molecule has 0 aliphatic carbocycles. The normalized spacial score (nSPS) is 11.5. The van der Waals surface area contributed by atoms with Crippen molar-refractivity contribution in [2.45, 2.75) is 18.2 Å². The number of anilines is 1. The zero-order valence-corrected chi connectivity index (χ0v) is 18.3. The maximum absolute atomic E-state index is 12.7. The Morgan fingerprint density at radius 2 is 1.61 bits per heavy atom. The van der Waals surface area contributed by atoms with Crippen LogP contribution in [0.3, 0.4) is 0 Å². The molecule has 0 atom stereocenters. The third-order valence-electron chi connectivity index (χ3n) is 4.85. The van der Waals surface area contributed by atoms with E-state index in [2.05, 4.69) is 10.6 Å². The van der Waals surface area contributed by atoms with Crippen LogP contribution in [0.1, 0.15) is 12.5 Å². The molecule has 3 rings (SSSR count). The number of carbonyl (C=O) groups excluding carboxylic acids is 2. The van der Waals surface area contributed by atoms with E-state index >= 15 is 0 Å². The molecule has 0 aliphatic rings. The summed E-state index contributed by atoms with van der Waals surface area (Å²) in [6.07, 6.45) is 0.647. The Kier molecular flexibility index (Phi) is 7.04. The van der Waals surface area contributed by atoms with Crippen molar-refractivity contribution in [3.63, 3.8) is 0 Å². The van der Waals surface area contributed by atoms with Gasteiger partial charge in [-0.05, 0) is 47.0 Å². The molecule has 0 fully saturated rings. The highest BCUT2D eigenvalue weighted by Gasteiger charge is 2.22. The average molecular weight is 440 g/mol. The Hall–Kier alpha value is -3.23. The van der Waals surface area contributed by atoms with E-state index in [9.17, 15) is 18.0 Å². The van der Waals surface area contributed by atoms with Gasteiger partial charge in [-0.2, -0.15) is 4.31 Å². The van der Waals surface area contributed by atoms with Crippen molar-refractivity contribution in [1.29, 1.82) is 0 Å². The van der Waals surface area contributed by atoms with E-state index in [1.807, 2.05) is 42.5 Å². The van der Waals surface area contributed by atoms with Crippen LogP contribution in [0.25, 0.3) is 10.8 Å². The van der Waals surface area contributed by atoms with Crippen LogP contribution in [0, 0.1) is 0 Å². The summed E-state index contributed by atoms with van der Waals surface area (Å²) in [5, 5.41) is 7.65. The third kappa shape index (κ3) is 5.68. The number of benzene rings is 3. The number of likely N-dealkylation sites (N-methyl/N-ethyl adjacent to an activating group) is 1. The molecular formula is C23H25N3O4S. The lowest BCUT2D eigenvalue weighted by Gasteiger charge is -2.17. The Morgan fingerprint density at radius 3 is 2.32 bits per heavy atom. The maximum atomic E-state index is 12.7. The lowest BCUT2D eigenvalue weighted by molar-refractivity contribution is -0.121. The summed E-state index contributed by atoms with van der Waals surface area (Å²) in [7, 11) is -2.46. The molecule has 0 aliphatic heterocycles. The van der Waals surface area contributed by atoms with Gasteiger partial charge in [0.05, 0.1) is 11.4 Å². The number of rotatable bonds is 8. The van der Waals surface area contributed by atoms with Gasteiger partial charge in [0.1, 0.15) is 0 Å². The Balaban J connectivity index is 1.56. The molecule has 162 valence electrons. The molecule has 0 spiro atoms. The summed E-state index contributed by atoms with van der Waals surface area (Å²) < 4.78 is 26.4. The van der Waals surface area contributed by atoms with Gasteiger partial charge in [0.2, 0.25) is 21.8 Å². The zero-order chi connectivity index (χ0) is 22.4. The topological polar surface area (TPSA) is 95.6 Å². The van der Waals surface area contributed by atoms with Gasteiger partial charge in [-0.15, -0.1) is 0 Å². The van der Waals surface area contributed by atoms with E-state index in [0.29, 0.717) is 18.7 Å². The predicted molar refractivity (Wildman–Crippen MR) is 121 cm³/mol. The summed E-state index contributed by atoms with van der Waals surface area (Å²) in [5.41, 5.74) is 1.62. The first-order valence-corrected chi connectivity index (χ1v) is 11.3. The van der Waals surface area contributed by atoms with Gasteiger partial charge in [-0.3, -0.25) is 9.59 Å². The second-order valence-corrected chi connectivity index (χ2v) is 9.25. The number of amides is 2. The number of nitrogens with one attached hydrogen (secondary N) is 2. The van der Waals surface area contributed by atoms with Crippen molar-refractivity contribution >= 4 is 38.3 Å². The van der Waals surface area contributed by atoms with Crippen molar-refractivity contribution < 1.29 is 18.0 Å². The Morgan fingerprint density at radius 1 is 0.935 bits per heavy atom. The van der Waals surface area contributed by atoms with Gasteiger partial charge in [0.25, 0.3) is 0 Å². The molecular weight excluding hydrogens is 414 g/mol. The van der Waals surface area contributed by atoms with Crippen molar-refractivity contribution in [1.82, 2.24) is 9.62 Å². The minimum absolute atomic E-state index is 0.0488. The van der Waals surface area contributed by atoms with E-state index in [0.717, 1.165) is 20.6 Å². The lowest BCUT2D eigenvalue weighted by atomic mass is 10.0. The second kappa shape index (κ2) is 9.72. The molecule has 0 aromatic heterocycles. The van der Waals surface area contributed by atoms with Gasteiger partial charge >= 0.3 is 0 Å². The summed E-state index contributed by atoms with van der Waals surface area (Å²) >= 11 is 0. The molecule has 3 aromatic carbocycles. The maximum Gasteiger partial charge on any atom is 0.243 e. The first kappa shape index (κ1) is 22.5. The van der Waals surface area contributed by atoms with Crippen molar-refractivity contribution in [3.8, 4) is 0 Å². The SMILES string of the molecule is CC(=O)Nc1ccc(S(=O)(=O)N(C)CC(=O)NCCc2cccc3ccccc23)cc1. The van der Waals surface area contributed by atoms with Crippen LogP contribution in [-0.2, 0) is 26.0 Å². The van der Waals surface area contributed by atoms with Crippen LogP contribution >= 0.6 is 0 Å². The van der Waals surface area contributed by atoms with E-state index in [4.69, 9.17) is 0 Å². The molecule has 2 N–H and O–H groups in total. The Bertz CT molecular complexity index is 1190. The average Bonchev–Trinajstić information content (AvgIpc) is 2.74. The first-order chi connectivity index (χ1) is 14.8. The summed E-state index contributed by atoms with van der Waals surface area (Å²) in [6.45, 7) is 1.49. The quantitative estimate of drug-likeness (QED) is 0.564. The molecule has 0 heterocycles. The van der Waals surface area contributed by atoms with Crippen molar-refractivity contribution in [2.75, 3.05) is 25.5 Å². The largest absolute Gasteiger partial charge is 0.355 e. The van der Waals surface area contributed by atoms with Crippen LogP contribution in [0.5, 0.6) is 0 Å². The molecule has 3 aromatic rings. The van der Waals surface area contributed by atoms with Crippen molar-refractivity contribution in [3.05, 3.63) is 72.3 Å². The van der Waals surface area contributed by atoms with Gasteiger partial charge in [-0.1, -0.05) is 42.5 Å². The van der Waals surface area contributed by atoms with Gasteiger partial charge in [-0.25, -0.2) is 8.42 Å². The predicted octanol–water partition coefficient (Wildman–Crippen LogP) is 2.78. The van der Waals surface area contributed by atoms with Crippen molar-refractivity contribution in [2.24, 2.45) is 0 Å². The highest BCUT2D eigenvalue weighted by atomic mass is 32.2. The monoisotopic (exact) mass is 439 g/mol. The number of nitrogens with zero attached hydrogens (tertiary/aromatic N) is 1. The zero-order valence-electron chi connectivity index (χ0n) is 17.5. The minimum Gasteiger partial charge on any atom is -0.355 e. The van der Waals surface area contributed by atoms with E-state index in [1.165, 1.54) is 38.2 Å².